The van der Waals surface area contributed by atoms with Crippen molar-refractivity contribution in [2.45, 2.75) is 90.1 Å². The van der Waals surface area contributed by atoms with Crippen LogP contribution < -0.4 is 9.47 Å². The Balaban J connectivity index is 0.00000110. The Morgan fingerprint density at radius 2 is 1.74 bits per heavy atom. The molecule has 2 fully saturated rings. The molecule has 1 saturated heterocycles. The number of piperidine rings is 1. The molecule has 2 aliphatic heterocycles. The van der Waals surface area contributed by atoms with Crippen molar-refractivity contribution in [1.82, 2.24) is 4.90 Å². The number of rotatable bonds is 6. The quantitative estimate of drug-likeness (QED) is 0.354. The largest absolute Gasteiger partial charge is 0.573 e. The molecule has 2 aromatic rings. The molecular weight excluding hydrogens is 507 g/mol. The first-order chi connectivity index (χ1) is 18.5. The van der Waals surface area contributed by atoms with Crippen molar-refractivity contribution in [2.24, 2.45) is 5.92 Å². The first kappa shape index (κ1) is 29.2. The highest BCUT2D eigenvalue weighted by molar-refractivity contribution is 5.72. The van der Waals surface area contributed by atoms with E-state index in [1.165, 1.54) is 38.0 Å². The summed E-state index contributed by atoms with van der Waals surface area (Å²) >= 11 is 0. The molecule has 2 aromatic carbocycles. The van der Waals surface area contributed by atoms with Gasteiger partial charge >= 0.3 is 12.3 Å². The number of carbonyl (C=O) groups excluding carboxylic acids is 1. The van der Waals surface area contributed by atoms with Gasteiger partial charge in [-0.1, -0.05) is 56.0 Å². The minimum Gasteiger partial charge on any atom is -0.487 e. The standard InChI is InChI=1S/C28H34F3NO4.C3H6/c1-18-5-8-24(36-28(29,30)31)23(15-18)20(3)32-13-11-27(12-14-32)10-9-22-7-6-21(17-25(22)35-27)16-19(2)26(33)34-4;1-2-3-1/h5-8,15,17,19-20H,9-14,16H2,1-4H3;1-3H2. The molecule has 214 valence electrons. The average molecular weight is 548 g/mol. The van der Waals surface area contributed by atoms with E-state index in [0.717, 1.165) is 55.6 Å². The normalized spacial score (nSPS) is 19.6. The molecule has 8 heteroatoms. The third-order valence-corrected chi connectivity index (χ3v) is 7.91. The summed E-state index contributed by atoms with van der Waals surface area (Å²) in [5.74, 6) is 0.265. The molecule has 2 unspecified atom stereocenters. The molecule has 39 heavy (non-hydrogen) atoms. The Labute approximate surface area is 229 Å². The van der Waals surface area contributed by atoms with Gasteiger partial charge in [-0.05, 0) is 69.2 Å². The lowest BCUT2D eigenvalue weighted by Crippen LogP contribution is -2.50. The number of methoxy groups -OCH3 is 1. The fourth-order valence-electron chi connectivity index (χ4n) is 5.39. The van der Waals surface area contributed by atoms with Gasteiger partial charge in [-0.25, -0.2) is 0 Å². The van der Waals surface area contributed by atoms with Crippen LogP contribution in [0.3, 0.4) is 0 Å². The smallest absolute Gasteiger partial charge is 0.487 e. The van der Waals surface area contributed by atoms with E-state index in [1.807, 2.05) is 32.9 Å². The number of ether oxygens (including phenoxy) is 3. The minimum absolute atomic E-state index is 0.141. The van der Waals surface area contributed by atoms with Crippen LogP contribution in [0, 0.1) is 12.8 Å². The number of hydrogen-bond donors (Lipinski definition) is 0. The molecule has 2 heterocycles. The van der Waals surface area contributed by atoms with Gasteiger partial charge in [0.05, 0.1) is 13.0 Å². The Morgan fingerprint density at radius 1 is 1.05 bits per heavy atom. The van der Waals surface area contributed by atoms with Gasteiger partial charge in [-0.2, -0.15) is 0 Å². The van der Waals surface area contributed by atoms with Gasteiger partial charge in [0.2, 0.25) is 0 Å². The number of benzene rings is 2. The molecular formula is C31H40F3NO4. The van der Waals surface area contributed by atoms with Gasteiger partial charge in [0.15, 0.2) is 0 Å². The van der Waals surface area contributed by atoms with Gasteiger partial charge in [0.25, 0.3) is 0 Å². The Hall–Kier alpha value is -2.74. The molecule has 5 nitrogen and oxygen atoms in total. The number of hydrogen-bond acceptors (Lipinski definition) is 5. The summed E-state index contributed by atoms with van der Waals surface area (Å²) in [5.41, 5.74) is 3.35. The molecule has 1 saturated carbocycles. The van der Waals surface area contributed by atoms with E-state index in [-0.39, 0.29) is 29.3 Å². The van der Waals surface area contributed by atoms with Crippen LogP contribution in [0.15, 0.2) is 36.4 Å². The Bertz CT molecular complexity index is 1140. The van der Waals surface area contributed by atoms with Gasteiger partial charge in [0, 0.05) is 24.7 Å². The summed E-state index contributed by atoms with van der Waals surface area (Å²) in [6.07, 6.45) is 3.76. The van der Waals surface area contributed by atoms with Crippen LogP contribution >= 0.6 is 0 Å². The molecule has 5 rings (SSSR count). The van der Waals surface area contributed by atoms with E-state index in [9.17, 15) is 18.0 Å². The third-order valence-electron chi connectivity index (χ3n) is 7.91. The minimum atomic E-state index is -4.73. The number of esters is 1. The second-order valence-electron chi connectivity index (χ2n) is 11.2. The summed E-state index contributed by atoms with van der Waals surface area (Å²) in [4.78, 5) is 14.0. The second kappa shape index (κ2) is 12.2. The van der Waals surface area contributed by atoms with Crippen molar-refractivity contribution < 1.29 is 32.2 Å². The fraction of sp³-hybridized carbons (Fsp3) is 0.581. The highest BCUT2D eigenvalue weighted by Gasteiger charge is 2.41. The van der Waals surface area contributed by atoms with Crippen LogP contribution in [-0.2, 0) is 22.4 Å². The Kier molecular flexibility index (Phi) is 9.14. The van der Waals surface area contributed by atoms with Gasteiger partial charge in [-0.15, -0.1) is 13.2 Å². The Morgan fingerprint density at radius 3 is 2.36 bits per heavy atom. The fourth-order valence-corrected chi connectivity index (χ4v) is 5.39. The molecule has 0 N–H and O–H groups in total. The highest BCUT2D eigenvalue weighted by Crippen LogP contribution is 2.42. The lowest BCUT2D eigenvalue weighted by Gasteiger charge is -2.46. The maximum atomic E-state index is 13.0. The number of carbonyl (C=O) groups is 1. The van der Waals surface area contributed by atoms with Crippen molar-refractivity contribution in [2.75, 3.05) is 20.2 Å². The van der Waals surface area contributed by atoms with Gasteiger partial charge in [-0.3, -0.25) is 9.69 Å². The van der Waals surface area contributed by atoms with E-state index >= 15 is 0 Å². The summed E-state index contributed by atoms with van der Waals surface area (Å²) in [6, 6.07) is 10.8. The lowest BCUT2D eigenvalue weighted by atomic mass is 9.82. The van der Waals surface area contributed by atoms with E-state index in [0.29, 0.717) is 12.0 Å². The molecule has 0 amide bonds. The first-order valence-electron chi connectivity index (χ1n) is 14.0. The van der Waals surface area contributed by atoms with Crippen molar-refractivity contribution in [3.63, 3.8) is 0 Å². The molecule has 0 bridgehead atoms. The SMILES string of the molecule is C1CC1.COC(=O)C(C)Cc1ccc2c(c1)OC1(CC2)CCN(C(C)c2cc(C)ccc2OC(F)(F)F)CC1. The van der Waals surface area contributed by atoms with E-state index in [2.05, 4.69) is 15.7 Å². The van der Waals surface area contributed by atoms with E-state index in [1.54, 1.807) is 12.1 Å². The number of alkyl halides is 3. The van der Waals surface area contributed by atoms with Gasteiger partial charge in [0.1, 0.15) is 17.1 Å². The van der Waals surface area contributed by atoms with Crippen LogP contribution in [0.4, 0.5) is 13.2 Å². The summed E-state index contributed by atoms with van der Waals surface area (Å²) in [7, 11) is 1.40. The molecule has 1 spiro atoms. The predicted molar refractivity (Wildman–Crippen MR) is 144 cm³/mol. The highest BCUT2D eigenvalue weighted by atomic mass is 19.4. The van der Waals surface area contributed by atoms with E-state index in [4.69, 9.17) is 9.47 Å². The van der Waals surface area contributed by atoms with Gasteiger partial charge < -0.3 is 14.2 Å². The summed E-state index contributed by atoms with van der Waals surface area (Å²) < 4.78 is 54.7. The summed E-state index contributed by atoms with van der Waals surface area (Å²) in [6.45, 7) is 7.09. The first-order valence-corrected chi connectivity index (χ1v) is 14.0. The average Bonchev–Trinajstić information content (AvgIpc) is 3.78. The van der Waals surface area contributed by atoms with Crippen LogP contribution in [0.1, 0.15) is 80.7 Å². The topological polar surface area (TPSA) is 48.0 Å². The zero-order valence-electron chi connectivity index (χ0n) is 23.4. The molecule has 0 radical (unpaired) electrons. The van der Waals surface area contributed by atoms with Crippen molar-refractivity contribution in [1.29, 1.82) is 0 Å². The van der Waals surface area contributed by atoms with E-state index < -0.39 is 6.36 Å². The number of halogens is 3. The van der Waals surface area contributed by atoms with Crippen LogP contribution in [0.2, 0.25) is 0 Å². The molecule has 1 aliphatic carbocycles. The van der Waals surface area contributed by atoms with Crippen LogP contribution in [-0.4, -0.2) is 43.0 Å². The van der Waals surface area contributed by atoms with Crippen LogP contribution in [0.5, 0.6) is 11.5 Å². The number of nitrogens with zero attached hydrogens (tertiary/aromatic N) is 1. The van der Waals surface area contributed by atoms with Crippen molar-refractivity contribution >= 4 is 5.97 Å². The monoisotopic (exact) mass is 547 g/mol. The third kappa shape index (κ3) is 7.90. The van der Waals surface area contributed by atoms with Crippen molar-refractivity contribution in [3.05, 3.63) is 58.7 Å². The zero-order chi connectivity index (χ0) is 28.2. The summed E-state index contributed by atoms with van der Waals surface area (Å²) in [5, 5.41) is 0. The number of likely N-dealkylation sites (tertiary alicyclic amines) is 1. The number of fused-ring (bicyclic) bond motifs is 1. The number of aryl methyl sites for hydroxylation is 2. The molecule has 0 aromatic heterocycles. The molecule has 2 atom stereocenters. The second-order valence-corrected chi connectivity index (χ2v) is 11.2. The van der Waals surface area contributed by atoms with Crippen LogP contribution in [0.25, 0.3) is 0 Å². The molecule has 3 aliphatic rings. The maximum absolute atomic E-state index is 13.0. The lowest BCUT2D eigenvalue weighted by molar-refractivity contribution is -0.275. The predicted octanol–water partition coefficient (Wildman–Crippen LogP) is 7.34. The maximum Gasteiger partial charge on any atom is 0.573 e. The van der Waals surface area contributed by atoms with Crippen molar-refractivity contribution in [3.8, 4) is 11.5 Å². The zero-order valence-corrected chi connectivity index (χ0v) is 23.4.